The molecule has 28 heavy (non-hydrogen) atoms. The van der Waals surface area contributed by atoms with Crippen molar-refractivity contribution in [1.29, 1.82) is 5.26 Å². The number of nitriles is 1. The van der Waals surface area contributed by atoms with Gasteiger partial charge in [-0.2, -0.15) is 5.26 Å². The van der Waals surface area contributed by atoms with E-state index in [-0.39, 0.29) is 18.5 Å². The van der Waals surface area contributed by atoms with Gasteiger partial charge in [-0.05, 0) is 36.4 Å². The number of hydrogen-bond acceptors (Lipinski definition) is 7. The normalized spacial score (nSPS) is 11.9. The number of carbonyl (C=O) groups excluding carboxylic acids is 1. The van der Waals surface area contributed by atoms with Crippen LogP contribution in [0.2, 0.25) is 0 Å². The molecule has 0 bridgehead atoms. The minimum atomic E-state index is -0.188. The number of methoxy groups -OCH3 is 1. The van der Waals surface area contributed by atoms with E-state index in [2.05, 4.69) is 16.4 Å². The van der Waals surface area contributed by atoms with Gasteiger partial charge in [0.05, 0.1) is 23.9 Å². The van der Waals surface area contributed by atoms with Crippen LogP contribution in [0.4, 0.5) is 5.69 Å². The highest BCUT2D eigenvalue weighted by Gasteiger charge is 2.17. The van der Waals surface area contributed by atoms with E-state index in [0.717, 1.165) is 5.39 Å². The maximum absolute atomic E-state index is 12.2. The smallest absolute Gasteiger partial charge is 0.234 e. The van der Waals surface area contributed by atoms with E-state index in [1.54, 1.807) is 49.6 Å². The zero-order chi connectivity index (χ0) is 19.5. The fraction of sp³-hybridized carbons (Fsp3) is 0.150. The van der Waals surface area contributed by atoms with Crippen LogP contribution >= 0.6 is 11.8 Å². The number of anilines is 1. The molecule has 0 unspecified atom stereocenters. The quantitative estimate of drug-likeness (QED) is 0.662. The van der Waals surface area contributed by atoms with Crippen LogP contribution < -0.4 is 19.5 Å². The summed E-state index contributed by atoms with van der Waals surface area (Å²) in [5.41, 5.74) is 1.76. The molecule has 140 valence electrons. The lowest BCUT2D eigenvalue weighted by Gasteiger charge is -2.08. The number of nitrogens with one attached hydrogen (secondary N) is 1. The highest BCUT2D eigenvalue weighted by atomic mass is 32.2. The van der Waals surface area contributed by atoms with Crippen molar-refractivity contribution >= 4 is 34.3 Å². The number of carbonyl (C=O) groups is 1. The van der Waals surface area contributed by atoms with E-state index in [0.29, 0.717) is 39.0 Å². The summed E-state index contributed by atoms with van der Waals surface area (Å²) >= 11 is 1.21. The molecule has 1 aliphatic heterocycles. The summed E-state index contributed by atoms with van der Waals surface area (Å²) in [4.78, 5) is 16.8. The van der Waals surface area contributed by atoms with Crippen molar-refractivity contribution in [3.8, 4) is 23.3 Å². The summed E-state index contributed by atoms with van der Waals surface area (Å²) in [6.07, 6.45) is 0. The molecule has 0 saturated carbocycles. The summed E-state index contributed by atoms with van der Waals surface area (Å²) in [5.74, 6) is 1.92. The first-order chi connectivity index (χ1) is 13.7. The molecule has 1 N–H and O–H groups in total. The van der Waals surface area contributed by atoms with Gasteiger partial charge in [0.2, 0.25) is 12.7 Å². The standard InChI is InChI=1S/C20H15N3O4S/c1-25-15-4-2-14(3-5-15)22-19(24)10-28-20-13(9-21)6-12-7-17-18(27-11-26-17)8-16(12)23-20/h2-8H,10-11H2,1H3,(H,22,24). The number of ether oxygens (including phenoxy) is 3. The zero-order valence-electron chi connectivity index (χ0n) is 14.9. The first-order valence-electron chi connectivity index (χ1n) is 8.37. The van der Waals surface area contributed by atoms with E-state index in [9.17, 15) is 10.1 Å². The third-order valence-corrected chi connectivity index (χ3v) is 5.10. The van der Waals surface area contributed by atoms with E-state index >= 15 is 0 Å². The van der Waals surface area contributed by atoms with Crippen LogP contribution in [0.15, 0.2) is 47.5 Å². The SMILES string of the molecule is COc1ccc(NC(=O)CSc2nc3cc4c(cc3cc2C#N)OCO4)cc1. The molecule has 1 aromatic heterocycles. The lowest BCUT2D eigenvalue weighted by Crippen LogP contribution is -2.14. The molecule has 3 aromatic rings. The van der Waals surface area contributed by atoms with Crippen LogP contribution in [0.3, 0.4) is 0 Å². The van der Waals surface area contributed by atoms with Crippen LogP contribution in [-0.2, 0) is 4.79 Å². The first-order valence-corrected chi connectivity index (χ1v) is 9.36. The fourth-order valence-corrected chi connectivity index (χ4v) is 3.50. The monoisotopic (exact) mass is 393 g/mol. The van der Waals surface area contributed by atoms with Gasteiger partial charge in [-0.1, -0.05) is 11.8 Å². The molecule has 8 heteroatoms. The summed E-state index contributed by atoms with van der Waals surface area (Å²) in [7, 11) is 1.58. The highest BCUT2D eigenvalue weighted by Crippen LogP contribution is 2.37. The lowest BCUT2D eigenvalue weighted by molar-refractivity contribution is -0.113. The Morgan fingerprint density at radius 3 is 2.71 bits per heavy atom. The number of nitrogens with zero attached hydrogens (tertiary/aromatic N) is 2. The van der Waals surface area contributed by atoms with Crippen molar-refractivity contribution in [2.75, 3.05) is 25.0 Å². The average Bonchev–Trinajstić information content (AvgIpc) is 3.17. The van der Waals surface area contributed by atoms with Crippen LogP contribution in [0, 0.1) is 11.3 Å². The third kappa shape index (κ3) is 3.66. The van der Waals surface area contributed by atoms with Gasteiger partial charge in [-0.3, -0.25) is 4.79 Å². The lowest BCUT2D eigenvalue weighted by atomic mass is 10.1. The molecular formula is C20H15N3O4S. The summed E-state index contributed by atoms with van der Waals surface area (Å²) in [6, 6.07) is 14.5. The molecule has 7 nitrogen and oxygen atoms in total. The van der Waals surface area contributed by atoms with Crippen LogP contribution in [-0.4, -0.2) is 30.5 Å². The van der Waals surface area contributed by atoms with Crippen LogP contribution in [0.25, 0.3) is 10.9 Å². The van der Waals surface area contributed by atoms with E-state index in [1.165, 1.54) is 11.8 Å². The third-order valence-electron chi connectivity index (χ3n) is 4.11. The van der Waals surface area contributed by atoms with Crippen molar-refractivity contribution in [3.05, 3.63) is 48.0 Å². The van der Waals surface area contributed by atoms with Gasteiger partial charge in [-0.25, -0.2) is 4.98 Å². The van der Waals surface area contributed by atoms with Gasteiger partial charge in [0.15, 0.2) is 11.5 Å². The number of amides is 1. The summed E-state index contributed by atoms with van der Waals surface area (Å²) < 4.78 is 15.8. The molecule has 4 rings (SSSR count). The molecule has 0 fully saturated rings. The number of thioether (sulfide) groups is 1. The van der Waals surface area contributed by atoms with Crippen LogP contribution in [0.1, 0.15) is 5.56 Å². The Morgan fingerprint density at radius 2 is 2.00 bits per heavy atom. The Bertz CT molecular complexity index is 1090. The topological polar surface area (TPSA) is 93.5 Å². The Balaban J connectivity index is 1.49. The van der Waals surface area contributed by atoms with E-state index < -0.39 is 0 Å². The number of hydrogen-bond donors (Lipinski definition) is 1. The molecule has 0 aliphatic carbocycles. The van der Waals surface area contributed by atoms with E-state index in [4.69, 9.17) is 14.2 Å². The molecule has 0 saturated heterocycles. The maximum atomic E-state index is 12.2. The molecule has 1 amide bonds. The Hall–Kier alpha value is -3.44. The van der Waals surface area contributed by atoms with Gasteiger partial charge >= 0.3 is 0 Å². The second-order valence-electron chi connectivity index (χ2n) is 5.92. The second kappa shape index (κ2) is 7.66. The van der Waals surface area contributed by atoms with Gasteiger partial charge in [0.1, 0.15) is 16.8 Å². The van der Waals surface area contributed by atoms with Crippen molar-refractivity contribution in [2.45, 2.75) is 5.03 Å². The number of fused-ring (bicyclic) bond motifs is 2. The largest absolute Gasteiger partial charge is 0.497 e. The maximum Gasteiger partial charge on any atom is 0.234 e. The molecule has 2 heterocycles. The summed E-state index contributed by atoms with van der Waals surface area (Å²) in [5, 5.41) is 13.5. The summed E-state index contributed by atoms with van der Waals surface area (Å²) in [6.45, 7) is 0.171. The Morgan fingerprint density at radius 1 is 1.25 bits per heavy atom. The van der Waals surface area contributed by atoms with Crippen molar-refractivity contribution in [1.82, 2.24) is 4.98 Å². The molecule has 2 aromatic carbocycles. The minimum absolute atomic E-state index is 0.129. The highest BCUT2D eigenvalue weighted by molar-refractivity contribution is 8.00. The zero-order valence-corrected chi connectivity index (χ0v) is 15.7. The molecule has 1 aliphatic rings. The first kappa shape index (κ1) is 17.9. The Labute approximate surface area is 165 Å². The van der Waals surface area contributed by atoms with Crippen molar-refractivity contribution < 1.29 is 19.0 Å². The van der Waals surface area contributed by atoms with Crippen molar-refractivity contribution in [2.24, 2.45) is 0 Å². The number of aromatic nitrogens is 1. The van der Waals surface area contributed by atoms with Crippen LogP contribution in [0.5, 0.6) is 17.2 Å². The predicted molar refractivity (Wildman–Crippen MR) is 105 cm³/mol. The minimum Gasteiger partial charge on any atom is -0.497 e. The van der Waals surface area contributed by atoms with Gasteiger partial charge in [-0.15, -0.1) is 0 Å². The average molecular weight is 393 g/mol. The van der Waals surface area contributed by atoms with Crippen molar-refractivity contribution in [3.63, 3.8) is 0 Å². The molecule has 0 spiro atoms. The second-order valence-corrected chi connectivity index (χ2v) is 6.88. The predicted octanol–water partition coefficient (Wildman–Crippen LogP) is 3.57. The van der Waals surface area contributed by atoms with Gasteiger partial charge in [0, 0.05) is 17.1 Å². The number of rotatable bonds is 5. The molecule has 0 radical (unpaired) electrons. The van der Waals surface area contributed by atoms with Gasteiger partial charge < -0.3 is 19.5 Å². The van der Waals surface area contributed by atoms with Gasteiger partial charge in [0.25, 0.3) is 0 Å². The number of benzene rings is 2. The van der Waals surface area contributed by atoms with E-state index in [1.807, 2.05) is 0 Å². The fourth-order valence-electron chi connectivity index (χ4n) is 2.74. The molecular weight excluding hydrogens is 378 g/mol. The Kier molecular flexibility index (Phi) is 4.91. The molecule has 0 atom stereocenters. The number of pyridine rings is 1.